The Morgan fingerprint density at radius 3 is 2.24 bits per heavy atom. The average Bonchev–Trinajstić information content (AvgIpc) is 2.41. The third-order valence-corrected chi connectivity index (χ3v) is 4.53. The van der Waals surface area contributed by atoms with Crippen molar-refractivity contribution in [1.82, 2.24) is 0 Å². The lowest BCUT2D eigenvalue weighted by molar-refractivity contribution is 0.0696. The van der Waals surface area contributed by atoms with Crippen LogP contribution in [0.4, 0.5) is 0 Å². The van der Waals surface area contributed by atoms with E-state index in [1.807, 2.05) is 6.07 Å². The Hall–Kier alpha value is -0.750. The van der Waals surface area contributed by atoms with E-state index in [1.165, 1.54) is 12.1 Å². The standard InChI is InChI=1S/C14H8Br2Cl2O3/c15-9-4-8(14(19)20)5-10(16)13(9)21-6-7-1-2-11(17)12(18)3-7/h1-5H,6H2,(H,19,20). The van der Waals surface area contributed by atoms with E-state index in [0.29, 0.717) is 24.7 Å². The summed E-state index contributed by atoms with van der Waals surface area (Å²) in [5, 5.41) is 9.92. The van der Waals surface area contributed by atoms with E-state index in [9.17, 15) is 4.79 Å². The third-order valence-electron chi connectivity index (χ3n) is 2.61. The number of ether oxygens (including phenoxy) is 1. The van der Waals surface area contributed by atoms with Crippen LogP contribution in [0.25, 0.3) is 0 Å². The molecule has 3 nitrogen and oxygen atoms in total. The summed E-state index contributed by atoms with van der Waals surface area (Å²) in [5.41, 5.74) is 1.01. The van der Waals surface area contributed by atoms with E-state index in [4.69, 9.17) is 33.0 Å². The number of rotatable bonds is 4. The summed E-state index contributed by atoms with van der Waals surface area (Å²) >= 11 is 18.4. The highest BCUT2D eigenvalue weighted by Gasteiger charge is 2.13. The molecule has 7 heteroatoms. The van der Waals surface area contributed by atoms with Gasteiger partial charge in [-0.1, -0.05) is 29.3 Å². The second-order valence-corrected chi connectivity index (χ2v) is 6.63. The predicted molar refractivity (Wildman–Crippen MR) is 89.6 cm³/mol. The van der Waals surface area contributed by atoms with Crippen molar-refractivity contribution in [3.63, 3.8) is 0 Å². The largest absolute Gasteiger partial charge is 0.487 e. The first-order chi connectivity index (χ1) is 9.88. The minimum Gasteiger partial charge on any atom is -0.487 e. The van der Waals surface area contributed by atoms with Gasteiger partial charge in [0.15, 0.2) is 0 Å². The van der Waals surface area contributed by atoms with Crippen molar-refractivity contribution in [2.24, 2.45) is 0 Å². The van der Waals surface area contributed by atoms with Crippen molar-refractivity contribution >= 4 is 61.0 Å². The summed E-state index contributed by atoms with van der Waals surface area (Å²) in [6.07, 6.45) is 0. The van der Waals surface area contributed by atoms with Crippen molar-refractivity contribution in [2.75, 3.05) is 0 Å². The number of hydrogen-bond donors (Lipinski definition) is 1. The third kappa shape index (κ3) is 4.13. The smallest absolute Gasteiger partial charge is 0.335 e. The molecule has 0 amide bonds. The normalized spacial score (nSPS) is 10.5. The summed E-state index contributed by atoms with van der Waals surface area (Å²) in [6.45, 7) is 0.278. The molecule has 0 saturated heterocycles. The highest BCUT2D eigenvalue weighted by molar-refractivity contribution is 9.11. The van der Waals surface area contributed by atoms with E-state index in [-0.39, 0.29) is 12.2 Å². The fraction of sp³-hybridized carbons (Fsp3) is 0.0714. The minimum absolute atomic E-state index is 0.163. The molecule has 2 rings (SSSR count). The predicted octanol–water partition coefficient (Wildman–Crippen LogP) is 5.80. The van der Waals surface area contributed by atoms with Crippen LogP contribution in [-0.2, 0) is 6.61 Å². The Balaban J connectivity index is 2.20. The van der Waals surface area contributed by atoms with Crippen LogP contribution in [-0.4, -0.2) is 11.1 Å². The Kier molecular flexibility index (Phi) is 5.54. The topological polar surface area (TPSA) is 46.5 Å². The van der Waals surface area contributed by atoms with Crippen LogP contribution >= 0.6 is 55.1 Å². The molecule has 110 valence electrons. The zero-order chi connectivity index (χ0) is 15.6. The summed E-state index contributed by atoms with van der Waals surface area (Å²) in [7, 11) is 0. The Morgan fingerprint density at radius 1 is 1.10 bits per heavy atom. The van der Waals surface area contributed by atoms with E-state index < -0.39 is 5.97 Å². The number of hydrogen-bond acceptors (Lipinski definition) is 2. The minimum atomic E-state index is -1.01. The fourth-order valence-electron chi connectivity index (χ4n) is 1.61. The molecule has 0 spiro atoms. The molecule has 0 aromatic heterocycles. The van der Waals surface area contributed by atoms with E-state index in [1.54, 1.807) is 12.1 Å². The number of aromatic carboxylic acids is 1. The van der Waals surface area contributed by atoms with Crippen LogP contribution in [0.15, 0.2) is 39.3 Å². The maximum atomic E-state index is 11.0. The van der Waals surface area contributed by atoms with Gasteiger partial charge in [-0.2, -0.15) is 0 Å². The second kappa shape index (κ2) is 7.01. The van der Waals surface area contributed by atoms with Crippen LogP contribution in [0.3, 0.4) is 0 Å². The molecule has 0 aliphatic rings. The van der Waals surface area contributed by atoms with Crippen molar-refractivity contribution in [3.8, 4) is 5.75 Å². The molecule has 0 aliphatic carbocycles. The van der Waals surface area contributed by atoms with Gasteiger partial charge < -0.3 is 9.84 Å². The van der Waals surface area contributed by atoms with Crippen molar-refractivity contribution in [2.45, 2.75) is 6.61 Å². The van der Waals surface area contributed by atoms with Gasteiger partial charge in [0.25, 0.3) is 0 Å². The summed E-state index contributed by atoms with van der Waals surface area (Å²) in [5.74, 6) is -0.487. The number of benzene rings is 2. The molecule has 0 heterocycles. The molecule has 1 N–H and O–H groups in total. The Bertz CT molecular complexity index is 682. The molecule has 21 heavy (non-hydrogen) atoms. The zero-order valence-corrected chi connectivity index (χ0v) is 15.1. The van der Waals surface area contributed by atoms with Gasteiger partial charge in [-0.05, 0) is 61.7 Å². The lowest BCUT2D eigenvalue weighted by Crippen LogP contribution is -2.00. The molecule has 0 atom stereocenters. The number of halogens is 4. The van der Waals surface area contributed by atoms with E-state index in [2.05, 4.69) is 31.9 Å². The maximum Gasteiger partial charge on any atom is 0.335 e. The molecule has 2 aromatic rings. The first-order valence-electron chi connectivity index (χ1n) is 5.67. The Labute approximate surface area is 148 Å². The molecular formula is C14H8Br2Cl2O3. The van der Waals surface area contributed by atoms with Gasteiger partial charge in [0.2, 0.25) is 0 Å². The van der Waals surface area contributed by atoms with Crippen molar-refractivity contribution in [1.29, 1.82) is 0 Å². The lowest BCUT2D eigenvalue weighted by Gasteiger charge is -2.11. The van der Waals surface area contributed by atoms with Gasteiger partial charge in [-0.15, -0.1) is 0 Å². The van der Waals surface area contributed by atoms with Crippen LogP contribution in [0.1, 0.15) is 15.9 Å². The zero-order valence-electron chi connectivity index (χ0n) is 10.4. The van der Waals surface area contributed by atoms with Crippen molar-refractivity contribution in [3.05, 3.63) is 60.4 Å². The quantitative estimate of drug-likeness (QED) is 0.635. The van der Waals surface area contributed by atoms with Gasteiger partial charge in [-0.3, -0.25) is 0 Å². The maximum absolute atomic E-state index is 11.0. The van der Waals surface area contributed by atoms with E-state index >= 15 is 0 Å². The lowest BCUT2D eigenvalue weighted by atomic mass is 10.2. The second-order valence-electron chi connectivity index (χ2n) is 4.11. The molecule has 0 radical (unpaired) electrons. The van der Waals surface area contributed by atoms with Gasteiger partial charge >= 0.3 is 5.97 Å². The number of carboxylic acid groups (broad SMARTS) is 1. The molecule has 0 fully saturated rings. The van der Waals surface area contributed by atoms with Gasteiger partial charge in [0, 0.05) is 0 Å². The highest BCUT2D eigenvalue weighted by atomic mass is 79.9. The monoisotopic (exact) mass is 452 g/mol. The Morgan fingerprint density at radius 2 is 1.71 bits per heavy atom. The molecular weight excluding hydrogens is 447 g/mol. The highest BCUT2D eigenvalue weighted by Crippen LogP contribution is 2.35. The summed E-state index contributed by atoms with van der Waals surface area (Å²) in [6, 6.07) is 8.19. The van der Waals surface area contributed by atoms with Crippen LogP contribution < -0.4 is 4.74 Å². The number of carboxylic acids is 1. The first-order valence-corrected chi connectivity index (χ1v) is 8.01. The van der Waals surface area contributed by atoms with Gasteiger partial charge in [0.1, 0.15) is 12.4 Å². The molecule has 0 saturated carbocycles. The molecule has 2 aromatic carbocycles. The SMILES string of the molecule is O=C(O)c1cc(Br)c(OCc2ccc(Cl)c(Cl)c2)c(Br)c1. The van der Waals surface area contributed by atoms with Crippen LogP contribution in [0.5, 0.6) is 5.75 Å². The van der Waals surface area contributed by atoms with Crippen molar-refractivity contribution < 1.29 is 14.6 Å². The average molecular weight is 455 g/mol. The van der Waals surface area contributed by atoms with E-state index in [0.717, 1.165) is 5.56 Å². The van der Waals surface area contributed by atoms with Gasteiger partial charge in [-0.25, -0.2) is 4.79 Å². The number of carbonyl (C=O) groups is 1. The van der Waals surface area contributed by atoms with Crippen LogP contribution in [0.2, 0.25) is 10.0 Å². The fourth-order valence-corrected chi connectivity index (χ4v) is 3.34. The summed E-state index contributed by atoms with van der Waals surface area (Å²) in [4.78, 5) is 11.0. The van der Waals surface area contributed by atoms with Crippen LogP contribution in [0, 0.1) is 0 Å². The van der Waals surface area contributed by atoms with Gasteiger partial charge in [0.05, 0.1) is 24.6 Å². The molecule has 0 unspecified atom stereocenters. The molecule has 0 aliphatic heterocycles. The molecule has 0 bridgehead atoms. The first kappa shape index (κ1) is 16.6. The summed E-state index contributed by atoms with van der Waals surface area (Å²) < 4.78 is 6.80.